The fraction of sp³-hybridized carbons (Fsp3) is 0.857. The van der Waals surface area contributed by atoms with Crippen molar-refractivity contribution in [2.45, 2.75) is 77.4 Å². The van der Waals surface area contributed by atoms with Gasteiger partial charge in [-0.2, -0.15) is 0 Å². The van der Waals surface area contributed by atoms with E-state index in [1.165, 1.54) is 11.9 Å². The highest BCUT2D eigenvalue weighted by Gasteiger charge is 2.64. The van der Waals surface area contributed by atoms with Crippen molar-refractivity contribution >= 4 is 6.29 Å². The average molecular weight is 332 g/mol. The molecule has 0 aromatic heterocycles. The molecule has 0 aliphatic heterocycles. The van der Waals surface area contributed by atoms with Crippen LogP contribution in [0.4, 0.5) is 0 Å². The van der Waals surface area contributed by atoms with E-state index in [9.17, 15) is 15.0 Å². The summed E-state index contributed by atoms with van der Waals surface area (Å²) in [5.74, 6) is 1.96. The molecule has 0 radical (unpaired) electrons. The zero-order valence-corrected chi connectivity index (χ0v) is 15.3. The zero-order valence-electron chi connectivity index (χ0n) is 15.3. The van der Waals surface area contributed by atoms with Crippen LogP contribution in [0.2, 0.25) is 0 Å². The van der Waals surface area contributed by atoms with Crippen LogP contribution in [-0.4, -0.2) is 28.2 Å². The highest BCUT2D eigenvalue weighted by Crippen LogP contribution is 2.68. The molecule has 0 heterocycles. The quantitative estimate of drug-likeness (QED) is 0.571. The molecule has 3 heteroatoms. The van der Waals surface area contributed by atoms with Gasteiger partial charge in [-0.1, -0.05) is 25.5 Å². The molecule has 4 aliphatic rings. The maximum atomic E-state index is 12.3. The summed E-state index contributed by atoms with van der Waals surface area (Å²) in [5.41, 5.74) is 0.280. The molecular weight excluding hydrogens is 300 g/mol. The second-order valence-electron chi connectivity index (χ2n) is 9.70. The molecule has 0 bridgehead atoms. The standard InChI is InChI=1S/C21H32O3/c1-13-10-14-11-15(23)4-9-21(14,12-22)17-5-7-19(2)16(18(13)17)6-8-20(19,3)24/h11-13,15-18,23-24H,4-10H2,1-3H3/t13?,15?,16-,17+,18-,19-,20?,21+/m0/s1. The largest absolute Gasteiger partial charge is 0.390 e. The van der Waals surface area contributed by atoms with E-state index in [-0.39, 0.29) is 16.9 Å². The first kappa shape index (κ1) is 16.8. The number of aldehydes is 1. The molecule has 4 aliphatic carbocycles. The molecule has 0 amide bonds. The van der Waals surface area contributed by atoms with Gasteiger partial charge in [0.25, 0.3) is 0 Å². The molecule has 0 saturated heterocycles. The van der Waals surface area contributed by atoms with Crippen LogP contribution in [0.3, 0.4) is 0 Å². The summed E-state index contributed by atoms with van der Waals surface area (Å²) in [4.78, 5) is 12.3. The minimum atomic E-state index is -0.574. The fourth-order valence-electron chi connectivity index (χ4n) is 7.24. The second-order valence-corrected chi connectivity index (χ2v) is 9.70. The van der Waals surface area contributed by atoms with Gasteiger partial charge in [-0.05, 0) is 81.0 Å². The lowest BCUT2D eigenvalue weighted by atomic mass is 9.44. The first-order chi connectivity index (χ1) is 11.2. The van der Waals surface area contributed by atoms with Crippen molar-refractivity contribution in [2.75, 3.05) is 0 Å². The van der Waals surface area contributed by atoms with Crippen molar-refractivity contribution in [3.05, 3.63) is 11.6 Å². The summed E-state index contributed by atoms with van der Waals surface area (Å²) in [5, 5.41) is 21.1. The van der Waals surface area contributed by atoms with E-state index in [2.05, 4.69) is 13.8 Å². The van der Waals surface area contributed by atoms with Crippen molar-refractivity contribution in [1.82, 2.24) is 0 Å². The van der Waals surface area contributed by atoms with Crippen molar-refractivity contribution in [3.63, 3.8) is 0 Å². The third-order valence-electron chi connectivity index (χ3n) is 8.81. The Balaban J connectivity index is 1.77. The van der Waals surface area contributed by atoms with Gasteiger partial charge in [0.1, 0.15) is 6.29 Å². The van der Waals surface area contributed by atoms with Gasteiger partial charge in [-0.25, -0.2) is 0 Å². The number of carbonyl (C=O) groups excluding carboxylic acids is 1. The number of allylic oxidation sites excluding steroid dienone is 1. The van der Waals surface area contributed by atoms with Gasteiger partial charge in [-0.3, -0.25) is 0 Å². The number of hydrogen-bond acceptors (Lipinski definition) is 3. The minimum absolute atomic E-state index is 0.0120. The lowest BCUT2D eigenvalue weighted by Gasteiger charge is -2.60. The first-order valence-corrected chi connectivity index (χ1v) is 9.83. The van der Waals surface area contributed by atoms with Crippen molar-refractivity contribution < 1.29 is 15.0 Å². The molecule has 24 heavy (non-hydrogen) atoms. The van der Waals surface area contributed by atoms with Crippen LogP contribution in [0, 0.1) is 34.5 Å². The topological polar surface area (TPSA) is 57.5 Å². The predicted octanol–water partition coefficient (Wildman–Crippen LogP) is 3.49. The van der Waals surface area contributed by atoms with Crippen molar-refractivity contribution in [3.8, 4) is 0 Å². The second kappa shape index (κ2) is 5.17. The number of aliphatic hydroxyl groups is 2. The lowest BCUT2D eigenvalue weighted by molar-refractivity contribution is -0.144. The van der Waals surface area contributed by atoms with Gasteiger partial charge < -0.3 is 15.0 Å². The van der Waals surface area contributed by atoms with Crippen LogP contribution in [0.5, 0.6) is 0 Å². The van der Waals surface area contributed by atoms with E-state index >= 15 is 0 Å². The predicted molar refractivity (Wildman–Crippen MR) is 93.3 cm³/mol. The number of hydrogen-bond donors (Lipinski definition) is 2. The van der Waals surface area contributed by atoms with E-state index in [0.717, 1.165) is 38.5 Å². The Hall–Kier alpha value is -0.670. The van der Waals surface area contributed by atoms with Crippen LogP contribution in [0.25, 0.3) is 0 Å². The molecule has 3 nitrogen and oxygen atoms in total. The van der Waals surface area contributed by atoms with Gasteiger partial charge in [0, 0.05) is 0 Å². The smallest absolute Gasteiger partial charge is 0.130 e. The number of aliphatic hydroxyl groups excluding tert-OH is 1. The monoisotopic (exact) mass is 332 g/mol. The Bertz CT molecular complexity index is 580. The third-order valence-corrected chi connectivity index (χ3v) is 8.81. The van der Waals surface area contributed by atoms with Gasteiger partial charge in [0.05, 0.1) is 17.1 Å². The SMILES string of the molecule is CC1CC2=CC(O)CC[C@]2(C=O)[C@@H]2CC[C@@]3(C)[C@@H](CCC3(C)O)[C@H]12. The van der Waals surface area contributed by atoms with Gasteiger partial charge >= 0.3 is 0 Å². The third kappa shape index (κ3) is 1.94. The number of fused-ring (bicyclic) bond motifs is 5. The highest BCUT2D eigenvalue weighted by atomic mass is 16.3. The maximum absolute atomic E-state index is 12.3. The molecule has 4 rings (SSSR count). The molecule has 8 atom stereocenters. The van der Waals surface area contributed by atoms with E-state index in [0.29, 0.717) is 30.1 Å². The van der Waals surface area contributed by atoms with Crippen LogP contribution in [-0.2, 0) is 4.79 Å². The zero-order chi connectivity index (χ0) is 17.3. The minimum Gasteiger partial charge on any atom is -0.390 e. The molecule has 0 spiro atoms. The van der Waals surface area contributed by atoms with Gasteiger partial charge in [-0.15, -0.1) is 0 Å². The Morgan fingerprint density at radius 3 is 2.54 bits per heavy atom. The lowest BCUT2D eigenvalue weighted by Crippen LogP contribution is -2.57. The summed E-state index contributed by atoms with van der Waals surface area (Å²) >= 11 is 0. The summed E-state index contributed by atoms with van der Waals surface area (Å²) < 4.78 is 0. The number of carbonyl (C=O) groups is 1. The Kier molecular flexibility index (Phi) is 3.61. The van der Waals surface area contributed by atoms with Crippen LogP contribution < -0.4 is 0 Å². The average Bonchev–Trinajstić information content (AvgIpc) is 2.77. The van der Waals surface area contributed by atoms with E-state index < -0.39 is 5.60 Å². The molecular formula is C21H32O3. The van der Waals surface area contributed by atoms with Crippen molar-refractivity contribution in [1.29, 1.82) is 0 Å². The van der Waals surface area contributed by atoms with Gasteiger partial charge in [0.15, 0.2) is 0 Å². The summed E-state index contributed by atoms with van der Waals surface area (Å²) in [6.45, 7) is 6.64. The Morgan fingerprint density at radius 1 is 1.12 bits per heavy atom. The Labute approximate surface area is 145 Å². The van der Waals surface area contributed by atoms with E-state index in [1.54, 1.807) is 0 Å². The highest BCUT2D eigenvalue weighted by molar-refractivity contribution is 5.67. The number of rotatable bonds is 1. The van der Waals surface area contributed by atoms with Crippen LogP contribution in [0.15, 0.2) is 11.6 Å². The van der Waals surface area contributed by atoms with Crippen LogP contribution >= 0.6 is 0 Å². The fourth-order valence-corrected chi connectivity index (χ4v) is 7.24. The van der Waals surface area contributed by atoms with E-state index in [1.807, 2.05) is 13.0 Å². The molecule has 3 fully saturated rings. The van der Waals surface area contributed by atoms with Crippen molar-refractivity contribution in [2.24, 2.45) is 34.5 Å². The van der Waals surface area contributed by atoms with E-state index in [4.69, 9.17) is 0 Å². The van der Waals surface area contributed by atoms with Crippen LogP contribution in [0.1, 0.15) is 65.7 Å². The maximum Gasteiger partial charge on any atom is 0.130 e. The first-order valence-electron chi connectivity index (χ1n) is 9.83. The molecule has 3 unspecified atom stereocenters. The normalized spacial score (nSPS) is 56.7. The molecule has 134 valence electrons. The van der Waals surface area contributed by atoms with Gasteiger partial charge in [0.2, 0.25) is 0 Å². The molecule has 3 saturated carbocycles. The molecule has 0 aromatic carbocycles. The molecule has 0 aromatic rings. The summed E-state index contributed by atoms with van der Waals surface area (Å²) in [6.07, 6.45) is 9.31. The Morgan fingerprint density at radius 2 is 1.83 bits per heavy atom. The summed E-state index contributed by atoms with van der Waals surface area (Å²) in [7, 11) is 0. The molecule has 2 N–H and O–H groups in total. The summed E-state index contributed by atoms with van der Waals surface area (Å²) in [6, 6.07) is 0.